The van der Waals surface area contributed by atoms with E-state index in [2.05, 4.69) is 27.9 Å². The van der Waals surface area contributed by atoms with Gasteiger partial charge in [0.2, 0.25) is 5.91 Å². The minimum atomic E-state index is -0.409. The van der Waals surface area contributed by atoms with E-state index >= 15 is 0 Å². The van der Waals surface area contributed by atoms with Crippen molar-refractivity contribution >= 4 is 22.5 Å². The third kappa shape index (κ3) is 4.48. The number of ether oxygens (including phenoxy) is 1. The fourth-order valence-corrected chi connectivity index (χ4v) is 4.83. The van der Waals surface area contributed by atoms with Gasteiger partial charge in [0.15, 0.2) is 0 Å². The topological polar surface area (TPSA) is 105 Å². The molecule has 0 spiro atoms. The summed E-state index contributed by atoms with van der Waals surface area (Å²) < 4.78 is 6.07. The molecule has 176 valence electrons. The number of fused-ring (bicyclic) bond motifs is 1. The Morgan fingerprint density at radius 3 is 2.85 bits per heavy atom. The third-order valence-corrected chi connectivity index (χ3v) is 6.62. The van der Waals surface area contributed by atoms with Crippen LogP contribution in [-0.4, -0.2) is 35.3 Å². The Morgan fingerprint density at radius 1 is 1.26 bits per heavy atom. The molecular weight excluding hydrogens is 432 g/mol. The van der Waals surface area contributed by atoms with E-state index in [0.29, 0.717) is 13.2 Å². The molecule has 0 bridgehead atoms. The first-order chi connectivity index (χ1) is 16.6. The smallest absolute Gasteiger partial charge is 0.244 e. The molecule has 1 aromatic heterocycles. The predicted octanol–water partition coefficient (Wildman–Crippen LogP) is 3.24. The molecule has 3 heterocycles. The zero-order chi connectivity index (χ0) is 23.5. The number of para-hydroxylation sites is 1. The van der Waals surface area contributed by atoms with Crippen LogP contribution in [0.5, 0.6) is 5.75 Å². The molecule has 5 rings (SSSR count). The summed E-state index contributed by atoms with van der Waals surface area (Å²) in [6.07, 6.45) is 2.70. The van der Waals surface area contributed by atoms with E-state index in [-0.39, 0.29) is 12.5 Å². The fraction of sp³-hybridized carbons (Fsp3) is 0.308. The molecule has 8 heteroatoms. The number of hydrogen-bond donors (Lipinski definition) is 4. The molecule has 8 nitrogen and oxygen atoms in total. The lowest BCUT2D eigenvalue weighted by Gasteiger charge is -2.31. The first-order valence-corrected chi connectivity index (χ1v) is 11.4. The second-order valence-corrected chi connectivity index (χ2v) is 8.97. The van der Waals surface area contributed by atoms with E-state index in [4.69, 9.17) is 14.8 Å². The Kier molecular flexibility index (Phi) is 6.19. The summed E-state index contributed by atoms with van der Waals surface area (Å²) in [6, 6.07) is 18.0. The Bertz CT molecular complexity index is 1220. The fourth-order valence-electron chi connectivity index (χ4n) is 4.83. The van der Waals surface area contributed by atoms with Crippen LogP contribution in [-0.2, 0) is 16.2 Å². The van der Waals surface area contributed by atoms with Crippen LogP contribution in [0, 0.1) is 12.3 Å². The largest absolute Gasteiger partial charge is 0.489 e. The number of amides is 1. The minimum Gasteiger partial charge on any atom is -0.489 e. The van der Waals surface area contributed by atoms with Gasteiger partial charge < -0.3 is 10.1 Å². The van der Waals surface area contributed by atoms with Crippen LogP contribution >= 0.6 is 0 Å². The van der Waals surface area contributed by atoms with Gasteiger partial charge in [-0.2, -0.15) is 0 Å². The maximum Gasteiger partial charge on any atom is 0.244 e. The molecule has 0 radical (unpaired) electrons. The molecule has 1 saturated heterocycles. The molecule has 4 N–H and O–H groups in total. The number of benzene rings is 2. The van der Waals surface area contributed by atoms with E-state index in [1.165, 1.54) is 0 Å². The summed E-state index contributed by atoms with van der Waals surface area (Å²) in [6.45, 7) is 3.90. The monoisotopic (exact) mass is 460 g/mol. The van der Waals surface area contributed by atoms with Crippen LogP contribution in [0.25, 0.3) is 16.6 Å². The molecule has 34 heavy (non-hydrogen) atoms. The standard InChI is InChI=1S/C26H28N4O4/c1-17-12-19(21-4-2-3-5-22(21)28-17)15-33-20-8-6-18(7-9-20)23-13-24(34-30-23)26(10-11-27-16-26)14-25(31)29-32/h2-9,12-13,24,27,30,32H,10-11,14-16H2,1H3,(H,29,31). The molecule has 0 saturated carbocycles. The lowest BCUT2D eigenvalue weighted by atomic mass is 9.77. The molecule has 2 unspecified atom stereocenters. The van der Waals surface area contributed by atoms with Crippen molar-refractivity contribution in [3.8, 4) is 5.75 Å². The van der Waals surface area contributed by atoms with E-state index in [1.807, 2.05) is 55.5 Å². The van der Waals surface area contributed by atoms with Gasteiger partial charge in [-0.05, 0) is 67.9 Å². The molecule has 2 aromatic carbocycles. The average molecular weight is 461 g/mol. The number of nitrogens with one attached hydrogen (secondary N) is 3. The summed E-state index contributed by atoms with van der Waals surface area (Å²) in [7, 11) is 0. The Hall–Kier alpha value is -3.46. The van der Waals surface area contributed by atoms with Gasteiger partial charge in [-0.15, -0.1) is 0 Å². The lowest BCUT2D eigenvalue weighted by Crippen LogP contribution is -2.41. The molecule has 3 aromatic rings. The quantitative estimate of drug-likeness (QED) is 0.317. The first-order valence-electron chi connectivity index (χ1n) is 11.4. The summed E-state index contributed by atoms with van der Waals surface area (Å²) in [4.78, 5) is 22.3. The van der Waals surface area contributed by atoms with Crippen LogP contribution in [0.2, 0.25) is 0 Å². The third-order valence-electron chi connectivity index (χ3n) is 6.62. The van der Waals surface area contributed by atoms with Gasteiger partial charge in [-0.1, -0.05) is 18.2 Å². The van der Waals surface area contributed by atoms with Gasteiger partial charge >= 0.3 is 0 Å². The van der Waals surface area contributed by atoms with Gasteiger partial charge in [0.25, 0.3) is 0 Å². The van der Waals surface area contributed by atoms with Crippen LogP contribution < -0.4 is 21.0 Å². The van der Waals surface area contributed by atoms with Gasteiger partial charge in [0.1, 0.15) is 18.5 Å². The Labute approximate surface area is 197 Å². The number of hydroxylamine groups is 2. The van der Waals surface area contributed by atoms with E-state index in [1.54, 1.807) is 5.48 Å². The summed E-state index contributed by atoms with van der Waals surface area (Å²) in [5.41, 5.74) is 9.20. The Balaban J connectivity index is 1.28. The number of carbonyl (C=O) groups excluding carboxylic acids is 1. The molecule has 1 amide bonds. The molecule has 2 atom stereocenters. The summed E-state index contributed by atoms with van der Waals surface area (Å²) in [5.74, 6) is 0.363. The van der Waals surface area contributed by atoms with Crippen molar-refractivity contribution in [2.45, 2.75) is 32.5 Å². The highest BCUT2D eigenvalue weighted by Gasteiger charge is 2.45. The Morgan fingerprint density at radius 2 is 2.09 bits per heavy atom. The zero-order valence-electron chi connectivity index (χ0n) is 19.0. The van der Waals surface area contributed by atoms with Crippen molar-refractivity contribution in [2.75, 3.05) is 13.1 Å². The predicted molar refractivity (Wildman–Crippen MR) is 128 cm³/mol. The van der Waals surface area contributed by atoms with E-state index in [9.17, 15) is 4.79 Å². The van der Waals surface area contributed by atoms with Crippen LogP contribution in [0.3, 0.4) is 0 Å². The number of nitrogens with zero attached hydrogens (tertiary/aromatic N) is 1. The first kappa shape index (κ1) is 22.3. The van der Waals surface area contributed by atoms with Crippen LogP contribution in [0.4, 0.5) is 0 Å². The number of carbonyl (C=O) groups is 1. The van der Waals surface area contributed by atoms with Gasteiger partial charge in [-0.25, -0.2) is 5.48 Å². The second kappa shape index (κ2) is 9.42. The van der Waals surface area contributed by atoms with Crippen molar-refractivity contribution in [3.63, 3.8) is 0 Å². The van der Waals surface area contributed by atoms with Crippen molar-refractivity contribution in [2.24, 2.45) is 5.41 Å². The average Bonchev–Trinajstić information content (AvgIpc) is 3.54. The van der Waals surface area contributed by atoms with Gasteiger partial charge in [0, 0.05) is 35.0 Å². The zero-order valence-corrected chi connectivity index (χ0v) is 19.0. The number of aryl methyl sites for hydroxylation is 1. The highest BCUT2D eigenvalue weighted by atomic mass is 16.7. The number of rotatable bonds is 7. The molecule has 2 aliphatic rings. The highest BCUT2D eigenvalue weighted by Crippen LogP contribution is 2.39. The van der Waals surface area contributed by atoms with Crippen LogP contribution in [0.15, 0.2) is 60.7 Å². The highest BCUT2D eigenvalue weighted by molar-refractivity contribution is 5.82. The van der Waals surface area contributed by atoms with Gasteiger partial charge in [0.05, 0.1) is 11.2 Å². The van der Waals surface area contributed by atoms with E-state index in [0.717, 1.165) is 52.1 Å². The normalized spacial score (nSPS) is 21.8. The van der Waals surface area contributed by atoms with E-state index < -0.39 is 11.3 Å². The number of pyridine rings is 1. The molecule has 1 fully saturated rings. The van der Waals surface area contributed by atoms with Crippen molar-refractivity contribution in [1.82, 2.24) is 21.3 Å². The van der Waals surface area contributed by atoms with Gasteiger partial charge in [-0.3, -0.25) is 25.3 Å². The van der Waals surface area contributed by atoms with Crippen molar-refractivity contribution in [1.29, 1.82) is 0 Å². The molecular formula is C26H28N4O4. The summed E-state index contributed by atoms with van der Waals surface area (Å²) >= 11 is 0. The number of aromatic nitrogens is 1. The second-order valence-electron chi connectivity index (χ2n) is 8.97. The molecule has 2 aliphatic heterocycles. The molecule has 0 aliphatic carbocycles. The SMILES string of the molecule is Cc1cc(COc2ccc(C3=CC(C4(CC(=O)NO)CCNC4)ON3)cc2)c2ccccc2n1. The maximum absolute atomic E-state index is 11.9. The lowest BCUT2D eigenvalue weighted by molar-refractivity contribution is -0.134. The van der Waals surface area contributed by atoms with Crippen molar-refractivity contribution < 1.29 is 19.6 Å². The summed E-state index contributed by atoms with van der Waals surface area (Å²) in [5, 5.41) is 13.4. The minimum absolute atomic E-state index is 0.183. The van der Waals surface area contributed by atoms with Crippen LogP contribution in [0.1, 0.15) is 29.7 Å². The van der Waals surface area contributed by atoms with Crippen molar-refractivity contribution in [3.05, 3.63) is 77.5 Å². The number of hydrogen-bond acceptors (Lipinski definition) is 7. The maximum atomic E-state index is 11.9.